The maximum absolute atomic E-state index is 6.10. The van der Waals surface area contributed by atoms with Gasteiger partial charge in [-0.25, -0.2) is 0 Å². The summed E-state index contributed by atoms with van der Waals surface area (Å²) in [6.07, 6.45) is 1.23. The van der Waals surface area contributed by atoms with Crippen LogP contribution in [-0.4, -0.2) is 11.1 Å². The molecule has 0 aliphatic heterocycles. The molecular weight excluding hydrogens is 242 g/mol. The van der Waals surface area contributed by atoms with Crippen LogP contribution in [-0.2, 0) is 11.3 Å². The Morgan fingerprint density at radius 2 is 2.25 bits per heavy atom. The zero-order valence-electron chi connectivity index (χ0n) is 9.50. The molecule has 0 amide bonds. The Labute approximate surface area is 107 Å². The Bertz CT molecular complexity index is 381. The predicted molar refractivity (Wildman–Crippen MR) is 71.9 cm³/mol. The van der Waals surface area contributed by atoms with Crippen LogP contribution < -0.4 is 5.73 Å². The number of halogens is 1. The second kappa shape index (κ2) is 6.18. The summed E-state index contributed by atoms with van der Waals surface area (Å²) in [7, 11) is 0. The number of nitrogens with two attached hydrogens (primary N) is 1. The van der Waals surface area contributed by atoms with Gasteiger partial charge < -0.3 is 10.5 Å². The van der Waals surface area contributed by atoms with Crippen molar-refractivity contribution in [1.29, 1.82) is 0 Å². The lowest BCUT2D eigenvalue weighted by Gasteiger charge is -2.12. The lowest BCUT2D eigenvalue weighted by Crippen LogP contribution is -2.10. The molecule has 1 atom stereocenters. The Morgan fingerprint density at radius 3 is 2.75 bits per heavy atom. The molecular formula is C12H16ClNOS. The molecule has 1 rings (SSSR count). The van der Waals surface area contributed by atoms with E-state index in [2.05, 4.69) is 6.92 Å². The van der Waals surface area contributed by atoms with Crippen LogP contribution >= 0.6 is 23.8 Å². The van der Waals surface area contributed by atoms with Crippen molar-refractivity contribution < 1.29 is 4.74 Å². The van der Waals surface area contributed by atoms with Gasteiger partial charge in [-0.15, -0.1) is 0 Å². The summed E-state index contributed by atoms with van der Waals surface area (Å²) in [6.45, 7) is 4.64. The van der Waals surface area contributed by atoms with Crippen LogP contribution in [0.5, 0.6) is 0 Å². The van der Waals surface area contributed by atoms with Gasteiger partial charge in [0.2, 0.25) is 0 Å². The molecule has 0 saturated heterocycles. The summed E-state index contributed by atoms with van der Waals surface area (Å²) >= 11 is 11.0. The number of benzene rings is 1. The third kappa shape index (κ3) is 3.74. The second-order valence-corrected chi connectivity index (χ2v) is 4.55. The van der Waals surface area contributed by atoms with E-state index in [9.17, 15) is 0 Å². The predicted octanol–water partition coefficient (Wildman–Crippen LogP) is 3.29. The Hall–Kier alpha value is -0.640. The summed E-state index contributed by atoms with van der Waals surface area (Å²) in [5.41, 5.74) is 7.26. The molecule has 4 heteroatoms. The normalized spacial score (nSPS) is 12.4. The highest BCUT2D eigenvalue weighted by Gasteiger charge is 2.05. The van der Waals surface area contributed by atoms with E-state index in [0.717, 1.165) is 17.5 Å². The number of rotatable bonds is 5. The van der Waals surface area contributed by atoms with Crippen molar-refractivity contribution in [2.75, 3.05) is 0 Å². The van der Waals surface area contributed by atoms with E-state index in [-0.39, 0.29) is 6.10 Å². The molecule has 0 aliphatic carbocycles. The number of hydrogen-bond donors (Lipinski definition) is 1. The molecule has 0 aromatic heterocycles. The van der Waals surface area contributed by atoms with Crippen LogP contribution in [0.2, 0.25) is 5.02 Å². The summed E-state index contributed by atoms with van der Waals surface area (Å²) in [5, 5.41) is 0.647. The second-order valence-electron chi connectivity index (χ2n) is 3.70. The summed E-state index contributed by atoms with van der Waals surface area (Å²) in [5.74, 6) is 0. The molecule has 0 saturated carbocycles. The van der Waals surface area contributed by atoms with E-state index in [1.165, 1.54) is 0 Å². The van der Waals surface area contributed by atoms with Gasteiger partial charge >= 0.3 is 0 Å². The van der Waals surface area contributed by atoms with E-state index in [0.29, 0.717) is 16.6 Å². The van der Waals surface area contributed by atoms with Crippen LogP contribution in [0.25, 0.3) is 0 Å². The molecule has 0 bridgehead atoms. The first-order chi connectivity index (χ1) is 7.54. The molecule has 0 spiro atoms. The lowest BCUT2D eigenvalue weighted by molar-refractivity contribution is 0.0509. The highest BCUT2D eigenvalue weighted by Crippen LogP contribution is 2.19. The minimum atomic E-state index is 0.242. The van der Waals surface area contributed by atoms with Gasteiger partial charge in [0, 0.05) is 10.6 Å². The largest absolute Gasteiger partial charge is 0.389 e. The smallest absolute Gasteiger partial charge is 0.104 e. The van der Waals surface area contributed by atoms with Crippen molar-refractivity contribution in [1.82, 2.24) is 0 Å². The zero-order chi connectivity index (χ0) is 12.1. The van der Waals surface area contributed by atoms with Crippen molar-refractivity contribution >= 4 is 28.8 Å². The summed E-state index contributed by atoms with van der Waals surface area (Å²) < 4.78 is 5.61. The SMILES string of the molecule is CCC(C)OCc1ccc(C(N)=S)cc1Cl. The molecule has 0 radical (unpaired) electrons. The maximum Gasteiger partial charge on any atom is 0.104 e. The van der Waals surface area contributed by atoms with Gasteiger partial charge in [-0.1, -0.05) is 42.9 Å². The van der Waals surface area contributed by atoms with Crippen molar-refractivity contribution in [3.63, 3.8) is 0 Å². The molecule has 0 fully saturated rings. The minimum Gasteiger partial charge on any atom is -0.389 e. The minimum absolute atomic E-state index is 0.242. The molecule has 1 aromatic carbocycles. The van der Waals surface area contributed by atoms with Crippen LogP contribution in [0.3, 0.4) is 0 Å². The van der Waals surface area contributed by atoms with Crippen LogP contribution in [0.1, 0.15) is 31.4 Å². The Kier molecular flexibility index (Phi) is 5.19. The first kappa shape index (κ1) is 13.4. The monoisotopic (exact) mass is 257 g/mol. The molecule has 0 aliphatic rings. The third-order valence-corrected chi connectivity index (χ3v) is 3.02. The van der Waals surface area contributed by atoms with E-state index in [1.807, 2.05) is 19.1 Å². The quantitative estimate of drug-likeness (QED) is 0.823. The van der Waals surface area contributed by atoms with Gasteiger partial charge in [0.05, 0.1) is 12.7 Å². The van der Waals surface area contributed by atoms with Crippen molar-refractivity contribution in [3.05, 3.63) is 34.3 Å². The molecule has 2 N–H and O–H groups in total. The van der Waals surface area contributed by atoms with Crippen LogP contribution in [0.4, 0.5) is 0 Å². The number of hydrogen-bond acceptors (Lipinski definition) is 2. The maximum atomic E-state index is 6.10. The fraction of sp³-hybridized carbons (Fsp3) is 0.417. The van der Waals surface area contributed by atoms with Gasteiger partial charge in [-0.2, -0.15) is 0 Å². The van der Waals surface area contributed by atoms with Gasteiger partial charge in [0.15, 0.2) is 0 Å². The van der Waals surface area contributed by atoms with Crippen LogP contribution in [0, 0.1) is 0 Å². The molecule has 16 heavy (non-hydrogen) atoms. The first-order valence-corrected chi connectivity index (χ1v) is 6.03. The highest BCUT2D eigenvalue weighted by atomic mass is 35.5. The Balaban J connectivity index is 2.72. The molecule has 2 nitrogen and oxygen atoms in total. The van der Waals surface area contributed by atoms with Crippen molar-refractivity contribution in [3.8, 4) is 0 Å². The van der Waals surface area contributed by atoms with E-state index < -0.39 is 0 Å². The lowest BCUT2D eigenvalue weighted by atomic mass is 10.1. The van der Waals surface area contributed by atoms with Gasteiger partial charge in [0.25, 0.3) is 0 Å². The average molecular weight is 258 g/mol. The fourth-order valence-electron chi connectivity index (χ4n) is 1.17. The van der Waals surface area contributed by atoms with E-state index in [1.54, 1.807) is 6.07 Å². The first-order valence-electron chi connectivity index (χ1n) is 5.24. The average Bonchev–Trinajstić information content (AvgIpc) is 2.26. The van der Waals surface area contributed by atoms with Crippen molar-refractivity contribution in [2.45, 2.75) is 33.0 Å². The topological polar surface area (TPSA) is 35.2 Å². The molecule has 1 unspecified atom stereocenters. The number of thiocarbonyl (C=S) groups is 1. The zero-order valence-corrected chi connectivity index (χ0v) is 11.1. The summed E-state index contributed by atoms with van der Waals surface area (Å²) in [4.78, 5) is 0.358. The molecule has 1 aromatic rings. The standard InChI is InChI=1S/C12H16ClNOS/c1-3-8(2)15-7-10-5-4-9(12(14)16)6-11(10)13/h4-6,8H,3,7H2,1-2H3,(H2,14,16). The van der Waals surface area contributed by atoms with Gasteiger partial charge in [-0.05, 0) is 25.0 Å². The third-order valence-electron chi connectivity index (χ3n) is 2.44. The van der Waals surface area contributed by atoms with Gasteiger partial charge in [-0.3, -0.25) is 0 Å². The highest BCUT2D eigenvalue weighted by molar-refractivity contribution is 7.80. The molecule has 88 valence electrons. The summed E-state index contributed by atoms with van der Waals surface area (Å²) in [6, 6.07) is 5.54. The number of ether oxygens (including phenoxy) is 1. The van der Waals surface area contributed by atoms with E-state index >= 15 is 0 Å². The van der Waals surface area contributed by atoms with Gasteiger partial charge in [0.1, 0.15) is 4.99 Å². The van der Waals surface area contributed by atoms with E-state index in [4.69, 9.17) is 34.3 Å². The van der Waals surface area contributed by atoms with Crippen LogP contribution in [0.15, 0.2) is 18.2 Å². The fourth-order valence-corrected chi connectivity index (χ4v) is 1.53. The van der Waals surface area contributed by atoms with Crippen molar-refractivity contribution in [2.24, 2.45) is 5.73 Å². The molecule has 0 heterocycles. The Morgan fingerprint density at radius 1 is 1.56 bits per heavy atom.